The Morgan fingerprint density at radius 2 is 1.38 bits per heavy atom. The van der Waals surface area contributed by atoms with E-state index >= 15 is 0 Å². The minimum atomic E-state index is 0.0451. The second kappa shape index (κ2) is 7.37. The maximum absolute atomic E-state index is 5.64. The van der Waals surface area contributed by atoms with Gasteiger partial charge in [-0.15, -0.1) is 0 Å². The quantitative estimate of drug-likeness (QED) is 0.542. The molecule has 1 heteroatoms. The summed E-state index contributed by atoms with van der Waals surface area (Å²) in [5, 5.41) is 0. The van der Waals surface area contributed by atoms with Crippen molar-refractivity contribution in [1.29, 1.82) is 0 Å². The Morgan fingerprint density at radius 1 is 0.846 bits per heavy atom. The molecule has 0 amide bonds. The summed E-state index contributed by atoms with van der Waals surface area (Å²) in [7, 11) is 0. The lowest BCUT2D eigenvalue weighted by Gasteiger charge is -2.19. The predicted molar refractivity (Wildman–Crippen MR) is 59.1 cm³/mol. The molecule has 0 N–H and O–H groups in total. The van der Waals surface area contributed by atoms with E-state index in [1.807, 2.05) is 0 Å². The first-order valence-corrected chi connectivity index (χ1v) is 5.70. The fourth-order valence-electron chi connectivity index (χ4n) is 1.26. The molecule has 0 heterocycles. The lowest BCUT2D eigenvalue weighted by Crippen LogP contribution is -2.19. The van der Waals surface area contributed by atoms with Gasteiger partial charge in [-0.3, -0.25) is 0 Å². The molecule has 0 rings (SSSR count). The first-order chi connectivity index (χ1) is 6.06. The van der Waals surface area contributed by atoms with Crippen LogP contribution in [0.15, 0.2) is 0 Å². The molecule has 0 atom stereocenters. The highest BCUT2D eigenvalue weighted by molar-refractivity contribution is 4.58. The highest BCUT2D eigenvalue weighted by Gasteiger charge is 2.08. The molecule has 0 fully saturated rings. The van der Waals surface area contributed by atoms with Crippen LogP contribution in [0.25, 0.3) is 0 Å². The van der Waals surface area contributed by atoms with Crippen LogP contribution in [-0.4, -0.2) is 12.2 Å². The number of rotatable bonds is 7. The smallest absolute Gasteiger partial charge is 0.0598 e. The highest BCUT2D eigenvalue weighted by Crippen LogP contribution is 2.09. The Bertz CT molecular complexity index is 102. The van der Waals surface area contributed by atoms with Crippen LogP contribution in [0.1, 0.15) is 66.2 Å². The fourth-order valence-corrected chi connectivity index (χ4v) is 1.26. The van der Waals surface area contributed by atoms with Gasteiger partial charge in [0, 0.05) is 6.61 Å². The molecule has 0 aliphatic rings. The second-order valence-electron chi connectivity index (χ2n) is 4.73. The van der Waals surface area contributed by atoms with E-state index in [-0.39, 0.29) is 5.60 Å². The van der Waals surface area contributed by atoms with Crippen molar-refractivity contribution >= 4 is 0 Å². The van der Waals surface area contributed by atoms with Gasteiger partial charge in [0.2, 0.25) is 0 Å². The van der Waals surface area contributed by atoms with Crippen LogP contribution in [0.5, 0.6) is 0 Å². The minimum absolute atomic E-state index is 0.0451. The van der Waals surface area contributed by atoms with Crippen molar-refractivity contribution in [2.75, 3.05) is 6.61 Å². The van der Waals surface area contributed by atoms with E-state index in [2.05, 4.69) is 27.7 Å². The Labute approximate surface area is 83.9 Å². The number of hydrogen-bond acceptors (Lipinski definition) is 1. The zero-order chi connectivity index (χ0) is 10.2. The van der Waals surface area contributed by atoms with E-state index in [9.17, 15) is 0 Å². The van der Waals surface area contributed by atoms with Gasteiger partial charge in [-0.1, -0.05) is 39.0 Å². The summed E-state index contributed by atoms with van der Waals surface area (Å²) in [5.41, 5.74) is 0.0451. The third-order valence-corrected chi connectivity index (χ3v) is 2.03. The van der Waals surface area contributed by atoms with Crippen LogP contribution in [0.2, 0.25) is 0 Å². The molecule has 0 aliphatic heterocycles. The zero-order valence-electron chi connectivity index (χ0n) is 9.86. The second-order valence-corrected chi connectivity index (χ2v) is 4.73. The Balaban J connectivity index is 3.00. The molecule has 0 saturated heterocycles. The molecule has 0 aromatic carbocycles. The van der Waals surface area contributed by atoms with Crippen LogP contribution in [0.3, 0.4) is 0 Å². The van der Waals surface area contributed by atoms with E-state index < -0.39 is 0 Å². The Kier molecular flexibility index (Phi) is 7.35. The van der Waals surface area contributed by atoms with Gasteiger partial charge in [-0.2, -0.15) is 0 Å². The van der Waals surface area contributed by atoms with Crippen molar-refractivity contribution in [1.82, 2.24) is 0 Å². The van der Waals surface area contributed by atoms with Gasteiger partial charge in [0.25, 0.3) is 0 Å². The minimum Gasteiger partial charge on any atom is -0.376 e. The lowest BCUT2D eigenvalue weighted by molar-refractivity contribution is -0.00474. The summed E-state index contributed by atoms with van der Waals surface area (Å²) >= 11 is 0. The van der Waals surface area contributed by atoms with Crippen molar-refractivity contribution < 1.29 is 4.74 Å². The molecule has 0 aromatic heterocycles. The first kappa shape index (κ1) is 13.0. The van der Waals surface area contributed by atoms with Crippen molar-refractivity contribution in [2.45, 2.75) is 71.8 Å². The third-order valence-electron chi connectivity index (χ3n) is 2.03. The molecule has 0 unspecified atom stereocenters. The monoisotopic (exact) mass is 186 g/mol. The molecule has 0 aliphatic carbocycles. The summed E-state index contributed by atoms with van der Waals surface area (Å²) in [5.74, 6) is 0. The van der Waals surface area contributed by atoms with E-state index in [0.29, 0.717) is 0 Å². The largest absolute Gasteiger partial charge is 0.376 e. The topological polar surface area (TPSA) is 9.23 Å². The third kappa shape index (κ3) is 12.0. The summed E-state index contributed by atoms with van der Waals surface area (Å²) in [6.07, 6.45) is 8.04. The molecule has 0 radical (unpaired) electrons. The van der Waals surface area contributed by atoms with Gasteiger partial charge in [-0.25, -0.2) is 0 Å². The van der Waals surface area contributed by atoms with Crippen molar-refractivity contribution in [3.63, 3.8) is 0 Å². The van der Waals surface area contributed by atoms with Gasteiger partial charge in [0.15, 0.2) is 0 Å². The number of hydrogen-bond donors (Lipinski definition) is 0. The summed E-state index contributed by atoms with van der Waals surface area (Å²) in [6.45, 7) is 9.52. The van der Waals surface area contributed by atoms with Crippen LogP contribution in [-0.2, 0) is 4.74 Å². The summed E-state index contributed by atoms with van der Waals surface area (Å²) in [4.78, 5) is 0. The SMILES string of the molecule is CCCCCCCCOC(C)(C)C. The summed E-state index contributed by atoms with van der Waals surface area (Å²) < 4.78 is 5.64. The molecule has 0 bridgehead atoms. The van der Waals surface area contributed by atoms with Gasteiger partial charge >= 0.3 is 0 Å². The standard InChI is InChI=1S/C12H26O/c1-5-6-7-8-9-10-11-13-12(2,3)4/h5-11H2,1-4H3. The van der Waals surface area contributed by atoms with Gasteiger partial charge in [0.1, 0.15) is 0 Å². The van der Waals surface area contributed by atoms with Gasteiger partial charge in [-0.05, 0) is 27.2 Å². The Morgan fingerprint density at radius 3 is 1.92 bits per heavy atom. The molecule has 0 aromatic rings. The summed E-state index contributed by atoms with van der Waals surface area (Å²) in [6, 6.07) is 0. The van der Waals surface area contributed by atoms with Crippen LogP contribution >= 0.6 is 0 Å². The molecule has 0 saturated carbocycles. The van der Waals surface area contributed by atoms with Crippen molar-refractivity contribution in [3.8, 4) is 0 Å². The Hall–Kier alpha value is -0.0400. The molecule has 13 heavy (non-hydrogen) atoms. The van der Waals surface area contributed by atoms with Gasteiger partial charge in [0.05, 0.1) is 5.60 Å². The van der Waals surface area contributed by atoms with Crippen molar-refractivity contribution in [3.05, 3.63) is 0 Å². The van der Waals surface area contributed by atoms with Crippen LogP contribution in [0.4, 0.5) is 0 Å². The van der Waals surface area contributed by atoms with Crippen LogP contribution in [0, 0.1) is 0 Å². The molecular weight excluding hydrogens is 160 g/mol. The average molecular weight is 186 g/mol. The average Bonchev–Trinajstić information content (AvgIpc) is 2.01. The number of unbranched alkanes of at least 4 members (excludes halogenated alkanes) is 5. The lowest BCUT2D eigenvalue weighted by atomic mass is 10.1. The van der Waals surface area contributed by atoms with E-state index in [1.165, 1.54) is 38.5 Å². The van der Waals surface area contributed by atoms with E-state index in [0.717, 1.165) is 6.61 Å². The predicted octanol–water partition coefficient (Wildman–Crippen LogP) is 4.16. The maximum atomic E-state index is 5.64. The van der Waals surface area contributed by atoms with Gasteiger partial charge < -0.3 is 4.74 Å². The maximum Gasteiger partial charge on any atom is 0.0598 e. The highest BCUT2D eigenvalue weighted by atomic mass is 16.5. The normalized spacial score (nSPS) is 12.0. The van der Waals surface area contributed by atoms with E-state index in [4.69, 9.17) is 4.74 Å². The van der Waals surface area contributed by atoms with Crippen molar-refractivity contribution in [2.24, 2.45) is 0 Å². The van der Waals surface area contributed by atoms with E-state index in [1.54, 1.807) is 0 Å². The molecule has 80 valence electrons. The number of ether oxygens (including phenoxy) is 1. The fraction of sp³-hybridized carbons (Fsp3) is 1.00. The first-order valence-electron chi connectivity index (χ1n) is 5.70. The molecular formula is C12H26O. The van der Waals surface area contributed by atoms with Crippen LogP contribution < -0.4 is 0 Å². The molecule has 1 nitrogen and oxygen atoms in total. The zero-order valence-corrected chi connectivity index (χ0v) is 9.86. The molecule has 0 spiro atoms.